The normalized spacial score (nSPS) is 6.86. The third kappa shape index (κ3) is 19.0. The first-order chi connectivity index (χ1) is 9.00. The molecule has 0 heterocycles. The average molecular weight is 405 g/mol. The van der Waals surface area contributed by atoms with Crippen LogP contribution in [0.1, 0.15) is 0 Å². The van der Waals surface area contributed by atoms with Gasteiger partial charge < -0.3 is 0 Å². The van der Waals surface area contributed by atoms with Gasteiger partial charge in [0.05, 0.1) is 0 Å². The summed E-state index contributed by atoms with van der Waals surface area (Å²) >= 11 is 0. The van der Waals surface area contributed by atoms with Crippen LogP contribution in [0.3, 0.4) is 0 Å². The van der Waals surface area contributed by atoms with Crippen molar-refractivity contribution in [3.8, 4) is 0 Å². The number of benzene rings is 3. The van der Waals surface area contributed by atoms with Crippen LogP contribution in [0.2, 0.25) is 0 Å². The fourth-order valence-electron chi connectivity index (χ4n) is 1.03. The van der Waals surface area contributed by atoms with Crippen molar-refractivity contribution >= 4 is 22.3 Å². The first kappa shape index (κ1) is 25.0. The van der Waals surface area contributed by atoms with Crippen LogP contribution in [0.25, 0.3) is 0 Å². The van der Waals surface area contributed by atoms with Crippen LogP contribution in [-0.4, -0.2) is 0 Å². The Labute approximate surface area is 150 Å². The van der Waals surface area contributed by atoms with E-state index in [1.807, 2.05) is 91.0 Å². The van der Waals surface area contributed by atoms with Gasteiger partial charge >= 0.3 is 19.5 Å². The minimum Gasteiger partial charge on any atom is -0.184 e. The molecule has 3 aromatic carbocycles. The standard InChI is InChI=1S/3C6H5.ClH.H3P.Rh/c3*1-2-4-6-5-3-1;;;/h3*1-5H;1H;1H3;/q3*-1;;;+3. The molecule has 3 aromatic rings. The summed E-state index contributed by atoms with van der Waals surface area (Å²) in [5.41, 5.74) is 0. The Kier molecular flexibility index (Phi) is 25.3. The molecule has 21 heavy (non-hydrogen) atoms. The van der Waals surface area contributed by atoms with Crippen LogP contribution in [0.15, 0.2) is 91.0 Å². The molecule has 0 radical (unpaired) electrons. The van der Waals surface area contributed by atoms with Crippen molar-refractivity contribution in [1.29, 1.82) is 0 Å². The molecular formula is C18H19ClPRh. The maximum Gasteiger partial charge on any atom is 3.00 e. The van der Waals surface area contributed by atoms with Crippen LogP contribution >= 0.6 is 22.3 Å². The van der Waals surface area contributed by atoms with Crippen molar-refractivity contribution in [3.63, 3.8) is 0 Å². The van der Waals surface area contributed by atoms with E-state index in [2.05, 4.69) is 18.2 Å². The monoisotopic (exact) mass is 404 g/mol. The minimum absolute atomic E-state index is 0. The fraction of sp³-hybridized carbons (Fsp3) is 0. The summed E-state index contributed by atoms with van der Waals surface area (Å²) in [6.07, 6.45) is 0. The van der Waals surface area contributed by atoms with Crippen LogP contribution in [-0.2, 0) is 19.5 Å². The van der Waals surface area contributed by atoms with Gasteiger partial charge in [0, 0.05) is 0 Å². The number of halogens is 1. The van der Waals surface area contributed by atoms with Gasteiger partial charge in [-0.1, -0.05) is 0 Å². The molecule has 3 rings (SSSR count). The largest absolute Gasteiger partial charge is 3.00 e. The van der Waals surface area contributed by atoms with Gasteiger partial charge in [-0.15, -0.1) is 12.4 Å². The minimum atomic E-state index is 0. The summed E-state index contributed by atoms with van der Waals surface area (Å²) in [4.78, 5) is 0. The third-order valence-corrected chi connectivity index (χ3v) is 1.82. The average Bonchev–Trinajstić information content (AvgIpc) is 2.54. The van der Waals surface area contributed by atoms with E-state index < -0.39 is 0 Å². The quantitative estimate of drug-likeness (QED) is 0.283. The van der Waals surface area contributed by atoms with Gasteiger partial charge in [0.15, 0.2) is 0 Å². The van der Waals surface area contributed by atoms with Crippen LogP contribution in [0.4, 0.5) is 0 Å². The van der Waals surface area contributed by atoms with E-state index in [0.717, 1.165) is 0 Å². The van der Waals surface area contributed by atoms with Gasteiger partial charge in [0.1, 0.15) is 0 Å². The summed E-state index contributed by atoms with van der Waals surface area (Å²) in [6, 6.07) is 37.5. The van der Waals surface area contributed by atoms with Gasteiger partial charge in [-0.05, 0) is 0 Å². The first-order valence-electron chi connectivity index (χ1n) is 5.73. The Balaban J connectivity index is -0.000000216. The van der Waals surface area contributed by atoms with Gasteiger partial charge in [-0.25, -0.2) is 0 Å². The van der Waals surface area contributed by atoms with Crippen molar-refractivity contribution in [1.82, 2.24) is 0 Å². The van der Waals surface area contributed by atoms with E-state index in [-0.39, 0.29) is 41.8 Å². The van der Waals surface area contributed by atoms with Crippen molar-refractivity contribution in [2.45, 2.75) is 0 Å². The molecule has 0 aliphatic rings. The number of hydrogen-bond donors (Lipinski definition) is 0. The molecule has 1 atom stereocenters. The molecule has 0 N–H and O–H groups in total. The fourth-order valence-corrected chi connectivity index (χ4v) is 1.03. The summed E-state index contributed by atoms with van der Waals surface area (Å²) < 4.78 is 0. The zero-order valence-corrected chi connectivity index (χ0v) is 15.5. The molecule has 0 bridgehead atoms. The molecule has 0 aliphatic heterocycles. The van der Waals surface area contributed by atoms with Gasteiger partial charge in [-0.3, -0.25) is 0 Å². The van der Waals surface area contributed by atoms with E-state index in [9.17, 15) is 0 Å². The van der Waals surface area contributed by atoms with Gasteiger partial charge in [0.2, 0.25) is 0 Å². The van der Waals surface area contributed by atoms with Gasteiger partial charge in [-0.2, -0.15) is 119 Å². The molecule has 3 heteroatoms. The zero-order chi connectivity index (χ0) is 12.7. The number of rotatable bonds is 0. The predicted octanol–water partition coefficient (Wildman–Crippen LogP) is 4.94. The molecule has 0 aliphatic carbocycles. The molecule has 0 fully saturated rings. The SMILES string of the molecule is Cl.P.[Rh+3].[c-]1ccccc1.[c-]1ccccc1.[c-]1ccccc1. The van der Waals surface area contributed by atoms with Crippen LogP contribution in [0, 0.1) is 18.2 Å². The van der Waals surface area contributed by atoms with Crippen LogP contribution < -0.4 is 0 Å². The Bertz CT molecular complexity index is 308. The second-order valence-corrected chi connectivity index (χ2v) is 3.23. The third-order valence-electron chi connectivity index (χ3n) is 1.82. The molecule has 0 amide bonds. The molecule has 0 saturated carbocycles. The number of hydrogen-bond acceptors (Lipinski definition) is 0. The molecule has 0 nitrogen and oxygen atoms in total. The predicted molar refractivity (Wildman–Crippen MR) is 94.2 cm³/mol. The van der Waals surface area contributed by atoms with E-state index in [4.69, 9.17) is 0 Å². The Hall–Kier alpha value is -0.997. The summed E-state index contributed by atoms with van der Waals surface area (Å²) in [5.74, 6) is 0. The van der Waals surface area contributed by atoms with Gasteiger partial charge in [0.25, 0.3) is 0 Å². The summed E-state index contributed by atoms with van der Waals surface area (Å²) in [7, 11) is 0. The van der Waals surface area contributed by atoms with Crippen molar-refractivity contribution < 1.29 is 19.5 Å². The second kappa shape index (κ2) is 21.3. The summed E-state index contributed by atoms with van der Waals surface area (Å²) in [5, 5.41) is 0. The molecule has 0 spiro atoms. The molecule has 1 unspecified atom stereocenters. The second-order valence-electron chi connectivity index (χ2n) is 3.23. The smallest absolute Gasteiger partial charge is 0.184 e. The van der Waals surface area contributed by atoms with Crippen molar-refractivity contribution in [2.24, 2.45) is 0 Å². The van der Waals surface area contributed by atoms with Crippen LogP contribution in [0.5, 0.6) is 0 Å². The first-order valence-corrected chi connectivity index (χ1v) is 5.73. The topological polar surface area (TPSA) is 0 Å². The Morgan fingerprint density at radius 2 is 0.571 bits per heavy atom. The summed E-state index contributed by atoms with van der Waals surface area (Å²) in [6.45, 7) is 0. The van der Waals surface area contributed by atoms with Crippen molar-refractivity contribution in [3.05, 3.63) is 109 Å². The van der Waals surface area contributed by atoms with E-state index >= 15 is 0 Å². The Morgan fingerprint density at radius 1 is 0.381 bits per heavy atom. The maximum atomic E-state index is 2.89. The molecular weight excluding hydrogens is 386 g/mol. The molecule has 112 valence electrons. The Morgan fingerprint density at radius 3 is 0.619 bits per heavy atom. The van der Waals surface area contributed by atoms with E-state index in [0.29, 0.717) is 0 Å². The molecule has 0 aromatic heterocycles. The maximum absolute atomic E-state index is 2.89. The van der Waals surface area contributed by atoms with Crippen molar-refractivity contribution in [2.75, 3.05) is 0 Å². The van der Waals surface area contributed by atoms with E-state index in [1.54, 1.807) is 0 Å². The molecule has 0 saturated heterocycles. The van der Waals surface area contributed by atoms with E-state index in [1.165, 1.54) is 0 Å². The zero-order valence-electron chi connectivity index (χ0n) is 11.6.